The van der Waals surface area contributed by atoms with Crippen molar-refractivity contribution in [2.75, 3.05) is 30.5 Å². The van der Waals surface area contributed by atoms with E-state index in [-0.39, 0.29) is 17.9 Å². The van der Waals surface area contributed by atoms with E-state index in [4.69, 9.17) is 9.47 Å². The maximum absolute atomic E-state index is 12.3. The van der Waals surface area contributed by atoms with E-state index in [2.05, 4.69) is 5.32 Å². The first-order valence-electron chi connectivity index (χ1n) is 7.86. The number of carbonyl (C=O) groups excluding carboxylic acids is 2. The minimum Gasteiger partial charge on any atom is -0.376 e. The Morgan fingerprint density at radius 3 is 2.83 bits per heavy atom. The third kappa shape index (κ3) is 4.77. The molecule has 6 nitrogen and oxygen atoms in total. The van der Waals surface area contributed by atoms with Crippen molar-refractivity contribution >= 4 is 23.2 Å². The van der Waals surface area contributed by atoms with Crippen molar-refractivity contribution in [3.63, 3.8) is 0 Å². The van der Waals surface area contributed by atoms with Gasteiger partial charge in [-0.05, 0) is 31.9 Å². The second-order valence-corrected chi connectivity index (χ2v) is 5.70. The normalized spacial score (nSPS) is 18.5. The largest absolute Gasteiger partial charge is 0.376 e. The third-order valence-corrected chi connectivity index (χ3v) is 3.92. The topological polar surface area (TPSA) is 67.9 Å². The van der Waals surface area contributed by atoms with Gasteiger partial charge in [-0.1, -0.05) is 12.1 Å². The highest BCUT2D eigenvalue weighted by atomic mass is 16.5. The molecule has 1 aliphatic rings. The molecule has 0 aromatic heterocycles. The number of hydrogen-bond donors (Lipinski definition) is 1. The standard InChI is InChI=1S/C17H24N2O4/c1-12(23-11-14-7-6-10-22-14)17(21)18-15-8-4-5-9-16(15)19(3)13(2)20/h4-5,8-9,12,14H,6-7,10-11H2,1-3H3,(H,18,21). The number of ether oxygens (including phenoxy) is 2. The molecule has 2 rings (SSSR count). The fourth-order valence-corrected chi connectivity index (χ4v) is 2.38. The lowest BCUT2D eigenvalue weighted by Gasteiger charge is -2.21. The molecular weight excluding hydrogens is 296 g/mol. The number of amides is 2. The highest BCUT2D eigenvalue weighted by Crippen LogP contribution is 2.25. The number of nitrogens with zero attached hydrogens (tertiary/aromatic N) is 1. The Morgan fingerprint density at radius 1 is 1.43 bits per heavy atom. The molecule has 1 aromatic rings. The molecule has 0 bridgehead atoms. The van der Waals surface area contributed by atoms with Crippen LogP contribution in [0.25, 0.3) is 0 Å². The van der Waals surface area contributed by atoms with Gasteiger partial charge in [-0.25, -0.2) is 0 Å². The molecule has 0 radical (unpaired) electrons. The van der Waals surface area contributed by atoms with E-state index in [0.29, 0.717) is 18.0 Å². The summed E-state index contributed by atoms with van der Waals surface area (Å²) in [6, 6.07) is 7.18. The minimum atomic E-state index is -0.588. The molecule has 1 heterocycles. The monoisotopic (exact) mass is 320 g/mol. The van der Waals surface area contributed by atoms with Crippen molar-refractivity contribution in [3.8, 4) is 0 Å². The Labute approximate surface area is 136 Å². The summed E-state index contributed by atoms with van der Waals surface area (Å²) in [7, 11) is 1.67. The van der Waals surface area contributed by atoms with Gasteiger partial charge in [-0.15, -0.1) is 0 Å². The van der Waals surface area contributed by atoms with Crippen molar-refractivity contribution < 1.29 is 19.1 Å². The fourth-order valence-electron chi connectivity index (χ4n) is 2.38. The number of benzene rings is 1. The zero-order chi connectivity index (χ0) is 16.8. The molecule has 2 atom stereocenters. The summed E-state index contributed by atoms with van der Waals surface area (Å²) in [5.41, 5.74) is 1.24. The summed E-state index contributed by atoms with van der Waals surface area (Å²) in [5, 5.41) is 2.82. The molecule has 6 heteroatoms. The molecule has 2 amide bonds. The van der Waals surface area contributed by atoms with Gasteiger partial charge < -0.3 is 19.7 Å². The molecule has 126 valence electrons. The van der Waals surface area contributed by atoms with Crippen LogP contribution in [-0.2, 0) is 19.1 Å². The van der Waals surface area contributed by atoms with Crippen molar-refractivity contribution in [2.24, 2.45) is 0 Å². The van der Waals surface area contributed by atoms with E-state index in [1.807, 2.05) is 12.1 Å². The molecule has 0 saturated carbocycles. The number of carbonyl (C=O) groups is 2. The Hall–Kier alpha value is -1.92. The lowest BCUT2D eigenvalue weighted by molar-refractivity contribution is -0.128. The molecule has 1 aromatic carbocycles. The molecule has 2 unspecified atom stereocenters. The molecular formula is C17H24N2O4. The number of hydrogen-bond acceptors (Lipinski definition) is 4. The van der Waals surface area contributed by atoms with Crippen molar-refractivity contribution in [1.29, 1.82) is 0 Å². The third-order valence-electron chi connectivity index (χ3n) is 3.92. The van der Waals surface area contributed by atoms with E-state index < -0.39 is 6.10 Å². The molecule has 23 heavy (non-hydrogen) atoms. The predicted molar refractivity (Wildman–Crippen MR) is 88.5 cm³/mol. The van der Waals surface area contributed by atoms with Crippen LogP contribution < -0.4 is 10.2 Å². The van der Waals surface area contributed by atoms with Crippen LogP contribution in [0.2, 0.25) is 0 Å². The summed E-state index contributed by atoms with van der Waals surface area (Å²) in [6.45, 7) is 4.37. The van der Waals surface area contributed by atoms with Gasteiger partial charge in [0.1, 0.15) is 6.10 Å². The van der Waals surface area contributed by atoms with Crippen LogP contribution in [0.3, 0.4) is 0 Å². The highest BCUT2D eigenvalue weighted by Gasteiger charge is 2.21. The van der Waals surface area contributed by atoms with E-state index >= 15 is 0 Å². The predicted octanol–water partition coefficient (Wildman–Crippen LogP) is 2.19. The minimum absolute atomic E-state index is 0.0846. The van der Waals surface area contributed by atoms with Gasteiger partial charge in [0, 0.05) is 20.6 Å². The maximum atomic E-state index is 12.3. The summed E-state index contributed by atoms with van der Waals surface area (Å²) >= 11 is 0. The summed E-state index contributed by atoms with van der Waals surface area (Å²) in [5.74, 6) is -0.346. The maximum Gasteiger partial charge on any atom is 0.253 e. The molecule has 1 saturated heterocycles. The second kappa shape index (κ2) is 8.08. The van der Waals surface area contributed by atoms with Crippen LogP contribution in [0.15, 0.2) is 24.3 Å². The average molecular weight is 320 g/mol. The molecule has 0 aliphatic carbocycles. The van der Waals surface area contributed by atoms with Crippen LogP contribution in [0, 0.1) is 0 Å². The molecule has 1 N–H and O–H groups in total. The SMILES string of the molecule is CC(=O)N(C)c1ccccc1NC(=O)C(C)OCC1CCCO1. The molecule has 1 fully saturated rings. The highest BCUT2D eigenvalue weighted by molar-refractivity contribution is 6.01. The van der Waals surface area contributed by atoms with Gasteiger partial charge >= 0.3 is 0 Å². The quantitative estimate of drug-likeness (QED) is 0.872. The van der Waals surface area contributed by atoms with Crippen molar-refractivity contribution in [3.05, 3.63) is 24.3 Å². The fraction of sp³-hybridized carbons (Fsp3) is 0.529. The number of nitrogens with one attached hydrogen (secondary N) is 1. The van der Waals surface area contributed by atoms with Gasteiger partial charge in [0.15, 0.2) is 0 Å². The summed E-state index contributed by atoms with van der Waals surface area (Å²) in [4.78, 5) is 25.3. The second-order valence-electron chi connectivity index (χ2n) is 5.70. The Bertz CT molecular complexity index is 555. The smallest absolute Gasteiger partial charge is 0.253 e. The van der Waals surface area contributed by atoms with Crippen LogP contribution in [0.5, 0.6) is 0 Å². The van der Waals surface area contributed by atoms with E-state index in [9.17, 15) is 9.59 Å². The van der Waals surface area contributed by atoms with Crippen molar-refractivity contribution in [1.82, 2.24) is 0 Å². The van der Waals surface area contributed by atoms with Gasteiger partial charge in [0.25, 0.3) is 5.91 Å². The number of anilines is 2. The first-order valence-corrected chi connectivity index (χ1v) is 7.86. The van der Waals surface area contributed by atoms with Gasteiger partial charge in [0.05, 0.1) is 24.1 Å². The lowest BCUT2D eigenvalue weighted by atomic mass is 10.2. The lowest BCUT2D eigenvalue weighted by Crippen LogP contribution is -2.31. The van der Waals surface area contributed by atoms with E-state index in [1.54, 1.807) is 26.1 Å². The Morgan fingerprint density at radius 2 is 2.17 bits per heavy atom. The Balaban J connectivity index is 1.95. The van der Waals surface area contributed by atoms with Crippen LogP contribution in [0.4, 0.5) is 11.4 Å². The summed E-state index contributed by atoms with van der Waals surface area (Å²) < 4.78 is 11.1. The van der Waals surface area contributed by atoms with Gasteiger partial charge in [0.2, 0.25) is 5.91 Å². The Kier molecular flexibility index (Phi) is 6.12. The zero-order valence-electron chi connectivity index (χ0n) is 13.9. The number of rotatable bonds is 6. The zero-order valence-corrected chi connectivity index (χ0v) is 13.9. The van der Waals surface area contributed by atoms with E-state index in [1.165, 1.54) is 11.8 Å². The van der Waals surface area contributed by atoms with Gasteiger partial charge in [-0.3, -0.25) is 9.59 Å². The first-order chi connectivity index (χ1) is 11.0. The first kappa shape index (κ1) is 17.4. The van der Waals surface area contributed by atoms with Crippen LogP contribution in [-0.4, -0.2) is 44.3 Å². The van der Waals surface area contributed by atoms with Gasteiger partial charge in [-0.2, -0.15) is 0 Å². The average Bonchev–Trinajstić information content (AvgIpc) is 3.05. The number of para-hydroxylation sites is 2. The van der Waals surface area contributed by atoms with Crippen LogP contribution >= 0.6 is 0 Å². The van der Waals surface area contributed by atoms with E-state index in [0.717, 1.165) is 19.4 Å². The van der Waals surface area contributed by atoms with Crippen molar-refractivity contribution in [2.45, 2.75) is 38.9 Å². The summed E-state index contributed by atoms with van der Waals surface area (Å²) in [6.07, 6.45) is 1.51. The molecule has 1 aliphatic heterocycles. The van der Waals surface area contributed by atoms with Crippen LogP contribution in [0.1, 0.15) is 26.7 Å². The molecule has 0 spiro atoms.